The highest BCUT2D eigenvalue weighted by Gasteiger charge is 2.50. The molecule has 0 bridgehead atoms. The number of benzene rings is 2. The summed E-state index contributed by atoms with van der Waals surface area (Å²) in [4.78, 5) is 54.8. The first-order valence-corrected chi connectivity index (χ1v) is 15.3. The van der Waals surface area contributed by atoms with E-state index in [1.165, 1.54) is 0 Å². The molecular formula is C32H42N2O7S. The van der Waals surface area contributed by atoms with Crippen LogP contribution in [0.3, 0.4) is 0 Å². The summed E-state index contributed by atoms with van der Waals surface area (Å²) >= 11 is 1.05. The van der Waals surface area contributed by atoms with Crippen LogP contribution in [-0.4, -0.2) is 41.9 Å². The second-order valence-electron chi connectivity index (χ2n) is 11.2. The summed E-state index contributed by atoms with van der Waals surface area (Å²) in [6.45, 7) is 11.1. The summed E-state index contributed by atoms with van der Waals surface area (Å²) in [6.07, 6.45) is 3.48. The highest BCUT2D eigenvalue weighted by Crippen LogP contribution is 2.50. The van der Waals surface area contributed by atoms with Gasteiger partial charge in [0.2, 0.25) is 11.0 Å². The van der Waals surface area contributed by atoms with E-state index >= 15 is 0 Å². The Labute approximate surface area is 252 Å². The Bertz CT molecular complexity index is 1260. The number of amides is 2. The fourth-order valence-electron chi connectivity index (χ4n) is 4.68. The van der Waals surface area contributed by atoms with E-state index in [9.17, 15) is 19.2 Å². The second-order valence-corrected chi connectivity index (χ2v) is 12.2. The summed E-state index contributed by atoms with van der Waals surface area (Å²) in [5, 5.41) is 2.52. The molecule has 0 aromatic heterocycles. The van der Waals surface area contributed by atoms with Gasteiger partial charge in [-0.2, -0.15) is 0 Å². The van der Waals surface area contributed by atoms with Gasteiger partial charge in [-0.15, -0.1) is 0 Å². The molecule has 42 heavy (non-hydrogen) atoms. The van der Waals surface area contributed by atoms with Crippen molar-refractivity contribution in [2.45, 2.75) is 90.6 Å². The molecule has 0 radical (unpaired) electrons. The van der Waals surface area contributed by atoms with Gasteiger partial charge in [0.15, 0.2) is 6.61 Å². The van der Waals surface area contributed by atoms with Crippen LogP contribution in [0.25, 0.3) is 0 Å². The summed E-state index contributed by atoms with van der Waals surface area (Å²) in [7, 11) is 0. The van der Waals surface area contributed by atoms with Gasteiger partial charge in [-0.1, -0.05) is 39.5 Å². The van der Waals surface area contributed by atoms with E-state index in [1.54, 1.807) is 75.1 Å². The number of thioether (sulfide) groups is 1. The highest BCUT2D eigenvalue weighted by atomic mass is 32.2. The number of rotatable bonds is 12. The molecule has 0 atom stereocenters. The van der Waals surface area contributed by atoms with Gasteiger partial charge in [0.25, 0.3) is 0 Å². The van der Waals surface area contributed by atoms with Gasteiger partial charge in [0, 0.05) is 16.3 Å². The topological polar surface area (TPSA) is 111 Å². The average Bonchev–Trinajstić information content (AvgIpc) is 3.01. The zero-order chi connectivity index (χ0) is 30.9. The molecule has 1 aliphatic rings. The van der Waals surface area contributed by atoms with Crippen molar-refractivity contribution < 1.29 is 33.4 Å². The Kier molecular flexibility index (Phi) is 11.4. The third-order valence-electron chi connectivity index (χ3n) is 6.73. The Morgan fingerprint density at radius 1 is 0.952 bits per heavy atom. The minimum Gasteiger partial charge on any atom is -0.482 e. The van der Waals surface area contributed by atoms with Crippen molar-refractivity contribution in [2.24, 2.45) is 5.41 Å². The van der Waals surface area contributed by atoms with Crippen molar-refractivity contribution in [3.8, 4) is 5.75 Å². The Morgan fingerprint density at radius 3 is 2.17 bits per heavy atom. The lowest BCUT2D eigenvalue weighted by molar-refractivity contribution is -0.145. The summed E-state index contributed by atoms with van der Waals surface area (Å²) in [6, 6.07) is 12.0. The third-order valence-corrected chi connectivity index (χ3v) is 7.85. The number of anilines is 3. The largest absolute Gasteiger partial charge is 0.482 e. The number of carbonyl (C=O) groups is 4. The predicted octanol–water partition coefficient (Wildman–Crippen LogP) is 7.64. The molecule has 2 aromatic rings. The van der Waals surface area contributed by atoms with Crippen LogP contribution in [-0.2, 0) is 23.9 Å². The lowest BCUT2D eigenvalue weighted by Crippen LogP contribution is -2.45. The molecule has 0 spiro atoms. The SMILES string of the molecule is CCCCC1(CCCC)C(=O)Sc2cc(OCC(=O)OCC)ccc2N(c2ccc(NC(=O)OC(C)(C)C)cc2)C1=O. The molecule has 1 aliphatic heterocycles. The second kappa shape index (κ2) is 14.6. The number of nitrogens with one attached hydrogen (secondary N) is 1. The minimum absolute atomic E-state index is 0.191. The van der Waals surface area contributed by atoms with Crippen LogP contribution in [0, 0.1) is 5.41 Å². The van der Waals surface area contributed by atoms with Crippen molar-refractivity contribution in [3.63, 3.8) is 0 Å². The number of nitrogens with zero attached hydrogens (tertiary/aromatic N) is 1. The minimum atomic E-state index is -1.20. The average molecular weight is 599 g/mol. The Hall–Kier alpha value is -3.53. The number of unbranched alkanes of at least 4 members (excludes halogenated alkanes) is 2. The number of ether oxygens (including phenoxy) is 3. The molecule has 3 rings (SSSR count). The Balaban J connectivity index is 2.05. The third kappa shape index (κ3) is 8.27. The van der Waals surface area contributed by atoms with E-state index in [4.69, 9.17) is 14.2 Å². The van der Waals surface area contributed by atoms with E-state index in [0.29, 0.717) is 40.5 Å². The lowest BCUT2D eigenvalue weighted by atomic mass is 9.77. The van der Waals surface area contributed by atoms with E-state index < -0.39 is 23.1 Å². The molecule has 0 aliphatic carbocycles. The number of carbonyl (C=O) groups excluding carboxylic acids is 4. The standard InChI is InChI=1S/C32H42N2O7S/c1-7-10-18-32(19-11-8-2)28(36)34(23-14-12-22(13-15-23)33-30(38)41-31(4,5)6)25-17-16-24(20-26(25)42-29(32)37)40-21-27(35)39-9-3/h12-17,20H,7-11,18-19,21H2,1-6H3,(H,33,38). The molecule has 2 amide bonds. The molecule has 1 N–H and O–H groups in total. The van der Waals surface area contributed by atoms with Gasteiger partial charge in [-0.05, 0) is 94.8 Å². The monoisotopic (exact) mass is 598 g/mol. The molecule has 228 valence electrons. The summed E-state index contributed by atoms with van der Waals surface area (Å²) < 4.78 is 15.9. The molecule has 0 saturated carbocycles. The first-order chi connectivity index (χ1) is 19.9. The van der Waals surface area contributed by atoms with Crippen molar-refractivity contribution >= 4 is 51.9 Å². The maximum absolute atomic E-state index is 14.6. The van der Waals surface area contributed by atoms with Crippen LogP contribution in [0.1, 0.15) is 80.1 Å². The Morgan fingerprint density at radius 2 is 1.60 bits per heavy atom. The van der Waals surface area contributed by atoms with E-state index in [-0.39, 0.29) is 24.2 Å². The summed E-state index contributed by atoms with van der Waals surface area (Å²) in [5.41, 5.74) is -0.231. The molecule has 0 unspecified atom stereocenters. The van der Waals surface area contributed by atoms with Gasteiger partial charge < -0.3 is 14.2 Å². The molecule has 10 heteroatoms. The van der Waals surface area contributed by atoms with Crippen LogP contribution in [0.4, 0.5) is 21.9 Å². The number of hydrogen-bond acceptors (Lipinski definition) is 8. The summed E-state index contributed by atoms with van der Waals surface area (Å²) in [5.74, 6) is -0.374. The fraction of sp³-hybridized carbons (Fsp3) is 0.500. The van der Waals surface area contributed by atoms with E-state index in [1.807, 2.05) is 13.8 Å². The first-order valence-electron chi connectivity index (χ1n) is 14.5. The van der Waals surface area contributed by atoms with Crippen LogP contribution in [0.15, 0.2) is 47.4 Å². The van der Waals surface area contributed by atoms with Crippen molar-refractivity contribution in [2.75, 3.05) is 23.4 Å². The zero-order valence-corrected chi connectivity index (χ0v) is 26.2. The highest BCUT2D eigenvalue weighted by molar-refractivity contribution is 8.14. The first kappa shape index (κ1) is 33.0. The van der Waals surface area contributed by atoms with Gasteiger partial charge >= 0.3 is 12.1 Å². The molecule has 2 aromatic carbocycles. The van der Waals surface area contributed by atoms with Crippen LogP contribution in [0.5, 0.6) is 5.75 Å². The van der Waals surface area contributed by atoms with Crippen LogP contribution < -0.4 is 15.0 Å². The smallest absolute Gasteiger partial charge is 0.412 e. The van der Waals surface area contributed by atoms with Gasteiger partial charge in [-0.25, -0.2) is 9.59 Å². The van der Waals surface area contributed by atoms with Gasteiger partial charge in [0.1, 0.15) is 16.8 Å². The van der Waals surface area contributed by atoms with Crippen LogP contribution in [0.2, 0.25) is 0 Å². The molecule has 1 heterocycles. The zero-order valence-electron chi connectivity index (χ0n) is 25.4. The van der Waals surface area contributed by atoms with Crippen molar-refractivity contribution in [3.05, 3.63) is 42.5 Å². The lowest BCUT2D eigenvalue weighted by Gasteiger charge is -2.34. The van der Waals surface area contributed by atoms with E-state index in [0.717, 1.165) is 37.4 Å². The predicted molar refractivity (Wildman–Crippen MR) is 164 cm³/mol. The number of esters is 1. The maximum Gasteiger partial charge on any atom is 0.412 e. The van der Waals surface area contributed by atoms with Crippen molar-refractivity contribution in [1.29, 1.82) is 0 Å². The maximum atomic E-state index is 14.6. The van der Waals surface area contributed by atoms with Gasteiger partial charge in [-0.3, -0.25) is 19.8 Å². The molecule has 9 nitrogen and oxygen atoms in total. The van der Waals surface area contributed by atoms with E-state index in [2.05, 4.69) is 5.32 Å². The molecular weight excluding hydrogens is 556 g/mol. The fourth-order valence-corrected chi connectivity index (χ4v) is 5.80. The quantitative estimate of drug-likeness (QED) is 0.196. The molecule has 0 saturated heterocycles. The van der Waals surface area contributed by atoms with Crippen molar-refractivity contribution in [1.82, 2.24) is 0 Å². The normalized spacial score (nSPS) is 14.6. The number of hydrogen-bond donors (Lipinski definition) is 1. The molecule has 0 fully saturated rings. The van der Waals surface area contributed by atoms with Gasteiger partial charge in [0.05, 0.1) is 12.3 Å². The number of fused-ring (bicyclic) bond motifs is 1. The van der Waals surface area contributed by atoms with Crippen LogP contribution >= 0.6 is 11.8 Å².